The highest BCUT2D eigenvalue weighted by molar-refractivity contribution is 5.76. The highest BCUT2D eigenvalue weighted by Gasteiger charge is 2.37. The van der Waals surface area contributed by atoms with E-state index in [1.165, 1.54) is 0 Å². The number of amides is 2. The van der Waals surface area contributed by atoms with Crippen molar-refractivity contribution in [2.75, 3.05) is 26.2 Å². The molecule has 6 heteroatoms. The highest BCUT2D eigenvalue weighted by Crippen LogP contribution is 2.30. The van der Waals surface area contributed by atoms with Crippen molar-refractivity contribution in [1.29, 1.82) is 5.26 Å². The Morgan fingerprint density at radius 3 is 2.87 bits per heavy atom. The van der Waals surface area contributed by atoms with Gasteiger partial charge in [-0.15, -0.1) is 0 Å². The molecule has 0 bridgehead atoms. The third kappa shape index (κ3) is 3.46. The Hall–Kier alpha value is -2.10. The zero-order valence-electron chi connectivity index (χ0n) is 13.0. The molecule has 1 aromatic rings. The van der Waals surface area contributed by atoms with Crippen LogP contribution in [0.2, 0.25) is 0 Å². The molecule has 0 saturated carbocycles. The number of aliphatic hydroxyl groups excluding tert-OH is 1. The molecule has 2 fully saturated rings. The Morgan fingerprint density at radius 1 is 1.35 bits per heavy atom. The van der Waals surface area contributed by atoms with Crippen molar-refractivity contribution in [1.82, 2.24) is 15.5 Å². The van der Waals surface area contributed by atoms with Crippen LogP contribution >= 0.6 is 0 Å². The second-order valence-electron chi connectivity index (χ2n) is 6.28. The lowest BCUT2D eigenvalue weighted by Crippen LogP contribution is -2.56. The normalized spacial score (nSPS) is 25.7. The summed E-state index contributed by atoms with van der Waals surface area (Å²) in [5.74, 6) is 0.439. The maximum absolute atomic E-state index is 12.4. The van der Waals surface area contributed by atoms with Gasteiger partial charge < -0.3 is 20.6 Å². The Kier molecular flexibility index (Phi) is 4.79. The molecule has 2 heterocycles. The maximum Gasteiger partial charge on any atom is 0.318 e. The van der Waals surface area contributed by atoms with E-state index < -0.39 is 12.1 Å². The number of nitriles is 1. The Balaban J connectivity index is 1.85. The summed E-state index contributed by atoms with van der Waals surface area (Å²) in [7, 11) is 0. The van der Waals surface area contributed by atoms with Crippen LogP contribution in [0.4, 0.5) is 4.79 Å². The number of rotatable bonds is 3. The number of benzene rings is 1. The van der Waals surface area contributed by atoms with Gasteiger partial charge >= 0.3 is 6.03 Å². The molecule has 0 radical (unpaired) electrons. The van der Waals surface area contributed by atoms with Crippen LogP contribution in [0.3, 0.4) is 0 Å². The minimum Gasteiger partial charge on any atom is -0.389 e. The number of piperidine rings is 1. The first-order valence-electron chi connectivity index (χ1n) is 8.12. The molecule has 2 unspecified atom stereocenters. The van der Waals surface area contributed by atoms with Crippen molar-refractivity contribution in [3.05, 3.63) is 35.4 Å². The molecule has 3 rings (SSSR count). The van der Waals surface area contributed by atoms with E-state index in [0.29, 0.717) is 18.0 Å². The zero-order chi connectivity index (χ0) is 16.2. The summed E-state index contributed by atoms with van der Waals surface area (Å²) in [4.78, 5) is 14.1. The molecule has 122 valence electrons. The Morgan fingerprint density at radius 2 is 2.13 bits per heavy atom. The number of urea groups is 1. The zero-order valence-corrected chi connectivity index (χ0v) is 13.0. The largest absolute Gasteiger partial charge is 0.389 e. The summed E-state index contributed by atoms with van der Waals surface area (Å²) < 4.78 is 0. The van der Waals surface area contributed by atoms with Crippen LogP contribution in [-0.4, -0.2) is 48.3 Å². The van der Waals surface area contributed by atoms with Crippen LogP contribution in [0.25, 0.3) is 0 Å². The Bertz CT molecular complexity index is 607. The lowest BCUT2D eigenvalue weighted by atomic mass is 9.92. The van der Waals surface area contributed by atoms with Crippen molar-refractivity contribution in [2.24, 2.45) is 5.92 Å². The van der Waals surface area contributed by atoms with Gasteiger partial charge in [0.05, 0.1) is 23.8 Å². The van der Waals surface area contributed by atoms with E-state index in [-0.39, 0.29) is 12.6 Å². The molecule has 2 aliphatic heterocycles. The van der Waals surface area contributed by atoms with Gasteiger partial charge in [0.25, 0.3) is 0 Å². The number of aliphatic hydroxyl groups is 1. The van der Waals surface area contributed by atoms with E-state index in [2.05, 4.69) is 16.7 Å². The van der Waals surface area contributed by atoms with E-state index in [4.69, 9.17) is 5.26 Å². The molecule has 0 aliphatic carbocycles. The highest BCUT2D eigenvalue weighted by atomic mass is 16.3. The number of hydrogen-bond donors (Lipinski definition) is 3. The molecular weight excluding hydrogens is 292 g/mol. The first-order valence-corrected chi connectivity index (χ1v) is 8.12. The van der Waals surface area contributed by atoms with Crippen LogP contribution in [0.15, 0.2) is 24.3 Å². The monoisotopic (exact) mass is 314 g/mol. The van der Waals surface area contributed by atoms with Gasteiger partial charge in [0.2, 0.25) is 0 Å². The third-order valence-corrected chi connectivity index (χ3v) is 4.69. The maximum atomic E-state index is 12.4. The molecule has 1 aromatic carbocycles. The molecule has 2 saturated heterocycles. The van der Waals surface area contributed by atoms with Crippen LogP contribution in [0.5, 0.6) is 0 Å². The Labute approximate surface area is 136 Å². The van der Waals surface area contributed by atoms with Gasteiger partial charge in [0.15, 0.2) is 0 Å². The van der Waals surface area contributed by atoms with E-state index in [1.54, 1.807) is 23.1 Å². The molecule has 2 atom stereocenters. The van der Waals surface area contributed by atoms with Gasteiger partial charge in [-0.1, -0.05) is 12.1 Å². The minimum atomic E-state index is -0.677. The summed E-state index contributed by atoms with van der Waals surface area (Å²) in [6.45, 7) is 2.81. The molecule has 2 aliphatic rings. The minimum absolute atomic E-state index is 0.138. The second kappa shape index (κ2) is 6.99. The van der Waals surface area contributed by atoms with E-state index in [1.807, 2.05) is 6.07 Å². The molecule has 3 N–H and O–H groups in total. The van der Waals surface area contributed by atoms with Gasteiger partial charge in [0.1, 0.15) is 0 Å². The van der Waals surface area contributed by atoms with Crippen LogP contribution in [0, 0.1) is 17.2 Å². The fourth-order valence-corrected chi connectivity index (χ4v) is 3.47. The van der Waals surface area contributed by atoms with Crippen molar-refractivity contribution < 1.29 is 9.90 Å². The first kappa shape index (κ1) is 15.8. The van der Waals surface area contributed by atoms with Crippen LogP contribution in [0.1, 0.15) is 30.0 Å². The lowest BCUT2D eigenvalue weighted by Gasteiger charge is -2.41. The SMILES string of the molecule is N#Cc1cccc(C2C(O)CNC(=O)N2CC2CCNCC2)c1. The van der Waals surface area contributed by atoms with Gasteiger partial charge in [0, 0.05) is 13.1 Å². The third-order valence-electron chi connectivity index (χ3n) is 4.69. The molecule has 6 nitrogen and oxygen atoms in total. The van der Waals surface area contributed by atoms with Crippen molar-refractivity contribution in [2.45, 2.75) is 25.0 Å². The van der Waals surface area contributed by atoms with Gasteiger partial charge in [-0.2, -0.15) is 5.26 Å². The van der Waals surface area contributed by atoms with E-state index in [0.717, 1.165) is 31.5 Å². The summed E-state index contributed by atoms with van der Waals surface area (Å²) >= 11 is 0. The van der Waals surface area contributed by atoms with Crippen molar-refractivity contribution in [3.8, 4) is 6.07 Å². The second-order valence-corrected chi connectivity index (χ2v) is 6.28. The van der Waals surface area contributed by atoms with E-state index >= 15 is 0 Å². The smallest absolute Gasteiger partial charge is 0.318 e. The fraction of sp³-hybridized carbons (Fsp3) is 0.529. The van der Waals surface area contributed by atoms with Crippen molar-refractivity contribution in [3.63, 3.8) is 0 Å². The molecule has 2 amide bonds. The fourth-order valence-electron chi connectivity index (χ4n) is 3.47. The summed E-state index contributed by atoms with van der Waals surface area (Å²) in [5, 5.41) is 25.6. The predicted molar refractivity (Wildman–Crippen MR) is 85.6 cm³/mol. The molecule has 0 aromatic heterocycles. The summed E-state index contributed by atoms with van der Waals surface area (Å²) in [6.07, 6.45) is 1.39. The standard InChI is InChI=1S/C17H22N4O2/c18-9-13-2-1-3-14(8-13)16-15(22)10-20-17(23)21(16)11-12-4-6-19-7-5-12/h1-3,8,12,15-16,19,22H,4-7,10-11H2,(H,20,23). The van der Waals surface area contributed by atoms with Crippen molar-refractivity contribution >= 4 is 6.03 Å². The van der Waals surface area contributed by atoms with Gasteiger partial charge in [-0.25, -0.2) is 4.79 Å². The number of hydrogen-bond acceptors (Lipinski definition) is 4. The molecule has 23 heavy (non-hydrogen) atoms. The number of nitrogens with zero attached hydrogens (tertiary/aromatic N) is 2. The number of β-amino-alcohol motifs (C(OH)–C–C–N with tert-alkyl or cyclic N) is 1. The average molecular weight is 314 g/mol. The number of carbonyl (C=O) groups is 1. The predicted octanol–water partition coefficient (Wildman–Crippen LogP) is 0.985. The topological polar surface area (TPSA) is 88.4 Å². The van der Waals surface area contributed by atoms with E-state index in [9.17, 15) is 9.90 Å². The van der Waals surface area contributed by atoms with Gasteiger partial charge in [-0.05, 0) is 49.5 Å². The molecular formula is C17H22N4O2. The summed E-state index contributed by atoms with van der Waals surface area (Å²) in [6, 6.07) is 8.76. The average Bonchev–Trinajstić information content (AvgIpc) is 2.59. The van der Waals surface area contributed by atoms with Gasteiger partial charge in [-0.3, -0.25) is 0 Å². The number of nitrogens with one attached hydrogen (secondary N) is 2. The molecule has 0 spiro atoms. The summed E-state index contributed by atoms with van der Waals surface area (Å²) in [5.41, 5.74) is 1.36. The van der Waals surface area contributed by atoms with Crippen LogP contribution in [-0.2, 0) is 0 Å². The first-order chi connectivity index (χ1) is 11.2. The number of carbonyl (C=O) groups excluding carboxylic acids is 1. The van der Waals surface area contributed by atoms with Crippen LogP contribution < -0.4 is 10.6 Å². The quantitative estimate of drug-likeness (QED) is 0.776. The lowest BCUT2D eigenvalue weighted by molar-refractivity contribution is 0.0345.